The highest BCUT2D eigenvalue weighted by Crippen LogP contribution is 2.49. The molecule has 28 heavy (non-hydrogen) atoms. The number of Topliss-reactive ketones (excluding diaryl/α,β-unsaturated/α-hetero) is 1. The van der Waals surface area contributed by atoms with Crippen LogP contribution in [-0.4, -0.2) is 67.1 Å². The number of ketones is 1. The molecule has 0 aromatic carbocycles. The van der Waals surface area contributed by atoms with Crippen molar-refractivity contribution in [1.82, 2.24) is 0 Å². The molecule has 0 fully saturated rings. The van der Waals surface area contributed by atoms with Crippen molar-refractivity contribution in [3.63, 3.8) is 0 Å². The van der Waals surface area contributed by atoms with E-state index in [1.54, 1.807) is 14.2 Å². The van der Waals surface area contributed by atoms with E-state index in [9.17, 15) is 48.3 Å². The van der Waals surface area contributed by atoms with Gasteiger partial charge in [-0.3, -0.25) is 8.78 Å². The van der Waals surface area contributed by atoms with Crippen molar-refractivity contribution in [2.75, 3.05) is 40.6 Å². The Kier molecular flexibility index (Phi) is 30.7. The molecule has 0 aliphatic heterocycles. The Labute approximate surface area is 162 Å². The van der Waals surface area contributed by atoms with E-state index in [2.05, 4.69) is 4.74 Å². The number of hydrogen-bond donors (Lipinski definition) is 0. The average molecular weight is 460 g/mol. The Hall–Kier alpha value is -0.980. The van der Waals surface area contributed by atoms with Gasteiger partial charge in [0, 0.05) is 26.7 Å². The summed E-state index contributed by atoms with van der Waals surface area (Å²) in [5.74, 6) is 0.167. The highest BCUT2D eigenvalue weighted by atomic mass is 32.2. The third-order valence-corrected chi connectivity index (χ3v) is 1.42. The van der Waals surface area contributed by atoms with Gasteiger partial charge in [0.15, 0.2) is 5.41 Å². The van der Waals surface area contributed by atoms with Crippen LogP contribution in [0.2, 0.25) is 0 Å². The van der Waals surface area contributed by atoms with E-state index in [1.165, 1.54) is 20.8 Å². The van der Waals surface area contributed by atoms with Gasteiger partial charge in [-0.15, -0.1) is 0 Å². The lowest BCUT2D eigenvalue weighted by Gasteiger charge is -2.29. The quantitative estimate of drug-likeness (QED) is 0.465. The normalized spacial score (nSPS) is 10.5. The standard InChI is InChI=1S/C5H6F6.C3H6O.C2H5F.C2H6O2S.C2H6O.CH3F/c1-3(2,4(6,7)8)5(9,10)11;1-3(2)4;1-2-3;1-5(2,3)4;1-3-2;1-2/h1-2H3;1-2H3;2H2,1H3;1-2H3;1-2H3;1H3. The minimum absolute atomic E-state index is 0.104. The molecule has 0 radical (unpaired) electrons. The molecule has 0 unspecified atom stereocenters. The predicted molar refractivity (Wildman–Crippen MR) is 94.6 cm³/mol. The molecule has 0 bridgehead atoms. The van der Waals surface area contributed by atoms with Gasteiger partial charge < -0.3 is 9.53 Å². The molecule has 0 saturated carbocycles. The van der Waals surface area contributed by atoms with Crippen LogP contribution in [0.1, 0.15) is 34.6 Å². The zero-order valence-corrected chi connectivity index (χ0v) is 18.6. The number of rotatable bonds is 0. The Bertz CT molecular complexity index is 400. The third-order valence-electron chi connectivity index (χ3n) is 1.42. The maximum Gasteiger partial charge on any atom is 0.402 e. The molecule has 0 spiro atoms. The second-order valence-electron chi connectivity index (χ2n) is 5.35. The molecule has 0 rings (SSSR count). The molecular weight excluding hydrogens is 428 g/mol. The minimum Gasteiger partial charge on any atom is -0.388 e. The maximum atomic E-state index is 11.6. The summed E-state index contributed by atoms with van der Waals surface area (Å²) in [6.45, 7) is 4.47. The fraction of sp³-hybridized carbons (Fsp3) is 0.933. The number of methoxy groups -OCH3 is 1. The van der Waals surface area contributed by atoms with Crippen molar-refractivity contribution in [1.29, 1.82) is 0 Å². The van der Waals surface area contributed by atoms with Crippen molar-refractivity contribution in [3.05, 3.63) is 0 Å². The fourth-order valence-electron chi connectivity index (χ4n) is 0.161. The fourth-order valence-corrected chi connectivity index (χ4v) is 0.161. The van der Waals surface area contributed by atoms with Crippen LogP contribution < -0.4 is 0 Å². The summed E-state index contributed by atoms with van der Waals surface area (Å²) < 4.78 is 113. The highest BCUT2D eigenvalue weighted by molar-refractivity contribution is 7.89. The summed E-state index contributed by atoms with van der Waals surface area (Å²) in [7, 11) is 1.08. The summed E-state index contributed by atoms with van der Waals surface area (Å²) in [5, 5.41) is 0. The Morgan fingerprint density at radius 1 is 0.857 bits per heavy atom. The summed E-state index contributed by atoms with van der Waals surface area (Å²) in [6.07, 6.45) is -8.17. The maximum absolute atomic E-state index is 11.6. The number of halogens is 8. The smallest absolute Gasteiger partial charge is 0.388 e. The van der Waals surface area contributed by atoms with Crippen LogP contribution in [-0.2, 0) is 19.4 Å². The molecule has 0 amide bonds. The summed E-state index contributed by atoms with van der Waals surface area (Å²) >= 11 is 0. The van der Waals surface area contributed by atoms with Crippen LogP contribution in [0.3, 0.4) is 0 Å². The van der Waals surface area contributed by atoms with E-state index >= 15 is 0 Å². The van der Waals surface area contributed by atoms with Crippen molar-refractivity contribution in [2.24, 2.45) is 5.41 Å². The van der Waals surface area contributed by atoms with Gasteiger partial charge in [0.05, 0.1) is 13.9 Å². The van der Waals surface area contributed by atoms with E-state index in [0.717, 1.165) is 12.5 Å². The summed E-state index contributed by atoms with van der Waals surface area (Å²) in [6, 6.07) is 0. The van der Waals surface area contributed by atoms with E-state index in [-0.39, 0.29) is 26.3 Å². The Balaban J connectivity index is -0.0000000597. The molecule has 13 heteroatoms. The second kappa shape index (κ2) is 20.7. The number of hydrogen-bond acceptors (Lipinski definition) is 4. The van der Waals surface area contributed by atoms with Gasteiger partial charge in [-0.25, -0.2) is 8.42 Å². The van der Waals surface area contributed by atoms with Crippen LogP contribution in [0.15, 0.2) is 0 Å². The lowest BCUT2D eigenvalue weighted by molar-refractivity contribution is -0.327. The van der Waals surface area contributed by atoms with E-state index in [0.29, 0.717) is 7.18 Å². The molecule has 0 atom stereocenters. The molecule has 0 aliphatic rings. The first kappa shape index (κ1) is 41.4. The van der Waals surface area contributed by atoms with Crippen molar-refractivity contribution < 1.29 is 53.1 Å². The Morgan fingerprint density at radius 2 is 0.929 bits per heavy atom. The van der Waals surface area contributed by atoms with Gasteiger partial charge in [0.2, 0.25) is 0 Å². The predicted octanol–water partition coefficient (Wildman–Crippen LogP) is 5.22. The minimum atomic E-state index is -5.24. The molecule has 0 N–H and O–H groups in total. The largest absolute Gasteiger partial charge is 0.402 e. The lowest BCUT2D eigenvalue weighted by Crippen LogP contribution is -2.44. The van der Waals surface area contributed by atoms with Gasteiger partial charge in [0.1, 0.15) is 15.6 Å². The Morgan fingerprint density at radius 3 is 0.929 bits per heavy atom. The van der Waals surface area contributed by atoms with Gasteiger partial charge in [-0.2, -0.15) is 26.3 Å². The zero-order valence-electron chi connectivity index (χ0n) is 17.8. The topological polar surface area (TPSA) is 60.4 Å². The van der Waals surface area contributed by atoms with Gasteiger partial charge in [-0.1, -0.05) is 0 Å². The molecule has 0 aromatic heterocycles. The number of carbonyl (C=O) groups is 1. The van der Waals surface area contributed by atoms with E-state index in [4.69, 9.17) is 0 Å². The summed E-state index contributed by atoms with van der Waals surface area (Å²) in [4.78, 5) is 9.44. The molecular formula is C15H32F8O4S. The molecule has 4 nitrogen and oxygen atoms in total. The molecule has 0 aliphatic carbocycles. The van der Waals surface area contributed by atoms with Gasteiger partial charge in [-0.05, 0) is 34.6 Å². The molecule has 0 aromatic rings. The first-order valence-corrected chi connectivity index (χ1v) is 9.46. The van der Waals surface area contributed by atoms with Crippen LogP contribution in [0.5, 0.6) is 0 Å². The number of ether oxygens (including phenoxy) is 1. The SMILES string of the molecule is CC(C)(C(F)(F)F)C(F)(F)F.CC(C)=O.CCF.CF.COC.CS(C)(=O)=O. The van der Waals surface area contributed by atoms with Crippen molar-refractivity contribution >= 4 is 15.6 Å². The van der Waals surface area contributed by atoms with E-state index < -0.39 is 27.6 Å². The third kappa shape index (κ3) is 49.8. The van der Waals surface area contributed by atoms with Crippen molar-refractivity contribution in [2.45, 2.75) is 47.0 Å². The van der Waals surface area contributed by atoms with E-state index in [1.807, 2.05) is 0 Å². The molecule has 0 heterocycles. The number of alkyl halides is 8. The number of sulfone groups is 1. The molecule has 178 valence electrons. The van der Waals surface area contributed by atoms with Crippen LogP contribution in [0, 0.1) is 5.41 Å². The highest BCUT2D eigenvalue weighted by Gasteiger charge is 2.64. The summed E-state index contributed by atoms with van der Waals surface area (Å²) in [5.41, 5.74) is -3.62. The monoisotopic (exact) mass is 460 g/mol. The lowest BCUT2D eigenvalue weighted by atomic mass is 9.92. The van der Waals surface area contributed by atoms with Crippen LogP contribution >= 0.6 is 0 Å². The van der Waals surface area contributed by atoms with Crippen LogP contribution in [0.4, 0.5) is 35.1 Å². The van der Waals surface area contributed by atoms with Crippen molar-refractivity contribution in [3.8, 4) is 0 Å². The van der Waals surface area contributed by atoms with Gasteiger partial charge >= 0.3 is 12.4 Å². The first-order valence-electron chi connectivity index (χ1n) is 7.16. The number of carbonyl (C=O) groups excluding carboxylic acids is 1. The second-order valence-corrected chi connectivity index (χ2v) is 7.63. The zero-order chi connectivity index (χ0) is 25.0. The van der Waals surface area contributed by atoms with Crippen LogP contribution in [0.25, 0.3) is 0 Å². The average Bonchev–Trinajstić information content (AvgIpc) is 2.37. The molecule has 0 saturated heterocycles. The van der Waals surface area contributed by atoms with Gasteiger partial charge in [0.25, 0.3) is 0 Å². The first-order chi connectivity index (χ1) is 12.1.